The molecule has 0 saturated carbocycles. The van der Waals surface area contributed by atoms with Crippen molar-refractivity contribution >= 4 is 29.0 Å². The third kappa shape index (κ3) is 4.43. The molecule has 1 aromatic heterocycles. The van der Waals surface area contributed by atoms with Crippen molar-refractivity contribution in [2.24, 2.45) is 0 Å². The first-order chi connectivity index (χ1) is 7.95. The fraction of sp³-hybridized carbons (Fsp3) is 0.444. The normalized spacial score (nSPS) is 13.2. The van der Waals surface area contributed by atoms with Gasteiger partial charge in [0.1, 0.15) is 0 Å². The van der Waals surface area contributed by atoms with E-state index in [4.69, 9.17) is 11.6 Å². The lowest BCUT2D eigenvalue weighted by atomic mass is 10.2. The van der Waals surface area contributed by atoms with Crippen molar-refractivity contribution in [3.63, 3.8) is 0 Å². The molecule has 0 aliphatic heterocycles. The van der Waals surface area contributed by atoms with E-state index in [0.29, 0.717) is 0 Å². The summed E-state index contributed by atoms with van der Waals surface area (Å²) in [7, 11) is 0. The van der Waals surface area contributed by atoms with Crippen LogP contribution in [0.5, 0.6) is 0 Å². The van der Waals surface area contributed by atoms with Crippen LogP contribution in [-0.2, 0) is 0 Å². The number of carbonyl (C=O) groups is 1. The summed E-state index contributed by atoms with van der Waals surface area (Å²) in [5.74, 6) is 0.142. The zero-order valence-corrected chi connectivity index (χ0v) is 10.1. The van der Waals surface area contributed by atoms with Crippen molar-refractivity contribution in [1.82, 2.24) is 10.6 Å². The Balaban J connectivity index is 2.69. The van der Waals surface area contributed by atoms with E-state index in [1.54, 1.807) is 0 Å². The number of nitrogens with one attached hydrogen (secondary N) is 2. The minimum Gasteiger partial charge on any atom is -0.337 e. The number of halogens is 4. The van der Waals surface area contributed by atoms with Gasteiger partial charge in [-0.1, -0.05) is 6.07 Å². The molecule has 1 unspecified atom stereocenters. The minimum atomic E-state index is -4.52. The maximum atomic E-state index is 12.7. The van der Waals surface area contributed by atoms with Crippen LogP contribution in [0, 0.1) is 0 Å². The second-order valence-electron chi connectivity index (χ2n) is 3.08. The Morgan fingerprint density at radius 2 is 2.24 bits per heavy atom. The Morgan fingerprint density at radius 1 is 1.53 bits per heavy atom. The molecule has 1 aromatic rings. The first-order valence-electron chi connectivity index (χ1n) is 4.65. The molecule has 0 aromatic carbocycles. The predicted octanol–water partition coefficient (Wildman–Crippen LogP) is 2.89. The highest BCUT2D eigenvalue weighted by Crippen LogP contribution is 2.34. The zero-order chi connectivity index (χ0) is 12.9. The van der Waals surface area contributed by atoms with Gasteiger partial charge in [0.2, 0.25) is 0 Å². The number of hydrogen-bond donors (Lipinski definition) is 2. The molecule has 0 fully saturated rings. The molecule has 0 bridgehead atoms. The van der Waals surface area contributed by atoms with Gasteiger partial charge < -0.3 is 10.6 Å². The van der Waals surface area contributed by atoms with Gasteiger partial charge in [-0.2, -0.15) is 13.2 Å². The summed E-state index contributed by atoms with van der Waals surface area (Å²) in [6.07, 6.45) is -4.52. The van der Waals surface area contributed by atoms with Crippen LogP contribution in [0.3, 0.4) is 0 Å². The van der Waals surface area contributed by atoms with Crippen LogP contribution in [0.15, 0.2) is 17.5 Å². The standard InChI is InChI=1S/C9H10ClF3N2OS/c10-3-4-14-8(16)15-7(9(11,12)13)6-2-1-5-17-6/h1-2,5,7H,3-4H2,(H2,14,15,16). The van der Waals surface area contributed by atoms with E-state index in [2.05, 4.69) is 5.32 Å². The SMILES string of the molecule is O=C(NCCCl)NC(c1cccs1)C(F)(F)F. The molecule has 0 aliphatic rings. The van der Waals surface area contributed by atoms with E-state index in [1.165, 1.54) is 17.5 Å². The van der Waals surface area contributed by atoms with Crippen molar-refractivity contribution in [3.8, 4) is 0 Å². The van der Waals surface area contributed by atoms with Crippen molar-refractivity contribution in [2.75, 3.05) is 12.4 Å². The second-order valence-corrected chi connectivity index (χ2v) is 4.44. The van der Waals surface area contributed by atoms with Gasteiger partial charge in [-0.05, 0) is 11.4 Å². The van der Waals surface area contributed by atoms with Crippen molar-refractivity contribution in [1.29, 1.82) is 0 Å². The fourth-order valence-corrected chi connectivity index (χ4v) is 2.01. The minimum absolute atomic E-state index is 0.0403. The molecule has 0 radical (unpaired) electrons. The third-order valence-electron chi connectivity index (χ3n) is 1.81. The molecule has 1 heterocycles. The highest BCUT2D eigenvalue weighted by atomic mass is 35.5. The van der Waals surface area contributed by atoms with Crippen molar-refractivity contribution in [2.45, 2.75) is 12.2 Å². The van der Waals surface area contributed by atoms with Crippen LogP contribution in [0.2, 0.25) is 0 Å². The highest BCUT2D eigenvalue weighted by molar-refractivity contribution is 7.10. The van der Waals surface area contributed by atoms with Crippen LogP contribution in [0.1, 0.15) is 10.9 Å². The molecule has 1 rings (SSSR count). The molecule has 17 heavy (non-hydrogen) atoms. The molecule has 0 aliphatic carbocycles. The Morgan fingerprint density at radius 3 is 2.71 bits per heavy atom. The third-order valence-corrected chi connectivity index (χ3v) is 2.94. The summed E-state index contributed by atoms with van der Waals surface area (Å²) < 4.78 is 38.1. The maximum Gasteiger partial charge on any atom is 0.413 e. The molecular formula is C9H10ClF3N2OS. The first kappa shape index (κ1) is 14.1. The van der Waals surface area contributed by atoms with Gasteiger partial charge in [0.15, 0.2) is 6.04 Å². The number of carbonyl (C=O) groups excluding carboxylic acids is 1. The molecule has 0 saturated heterocycles. The summed E-state index contributed by atoms with van der Waals surface area (Å²) in [6, 6.07) is -0.0546. The summed E-state index contributed by atoms with van der Waals surface area (Å²) >= 11 is 6.24. The lowest BCUT2D eigenvalue weighted by Gasteiger charge is -2.20. The van der Waals surface area contributed by atoms with E-state index in [-0.39, 0.29) is 17.3 Å². The Bertz CT molecular complexity index is 356. The van der Waals surface area contributed by atoms with Gasteiger partial charge in [0.05, 0.1) is 0 Å². The Kier molecular flexibility index (Phi) is 5.07. The molecule has 2 N–H and O–H groups in total. The molecule has 0 spiro atoms. The van der Waals surface area contributed by atoms with Gasteiger partial charge in [-0.25, -0.2) is 4.79 Å². The summed E-state index contributed by atoms with van der Waals surface area (Å²) in [5, 5.41) is 5.61. The lowest BCUT2D eigenvalue weighted by molar-refractivity contribution is -0.154. The maximum absolute atomic E-state index is 12.7. The number of thiophene rings is 1. The average molecular weight is 287 g/mol. The number of rotatable bonds is 4. The van der Waals surface area contributed by atoms with Crippen LogP contribution < -0.4 is 10.6 Å². The van der Waals surface area contributed by atoms with Gasteiger partial charge >= 0.3 is 12.2 Å². The van der Waals surface area contributed by atoms with Crippen molar-refractivity contribution in [3.05, 3.63) is 22.4 Å². The van der Waals surface area contributed by atoms with E-state index in [1.807, 2.05) is 5.32 Å². The lowest BCUT2D eigenvalue weighted by Crippen LogP contribution is -2.43. The molecule has 8 heteroatoms. The van der Waals surface area contributed by atoms with Gasteiger partial charge in [0.25, 0.3) is 0 Å². The number of hydrogen-bond acceptors (Lipinski definition) is 2. The van der Waals surface area contributed by atoms with Gasteiger partial charge in [0, 0.05) is 17.3 Å². The van der Waals surface area contributed by atoms with E-state index in [0.717, 1.165) is 11.3 Å². The molecule has 96 valence electrons. The Labute approximate surface area is 105 Å². The van der Waals surface area contributed by atoms with Crippen molar-refractivity contribution < 1.29 is 18.0 Å². The highest BCUT2D eigenvalue weighted by Gasteiger charge is 2.42. The molecular weight excluding hydrogens is 277 g/mol. The zero-order valence-electron chi connectivity index (χ0n) is 8.55. The summed E-state index contributed by atoms with van der Waals surface area (Å²) in [5.41, 5.74) is 0. The quantitative estimate of drug-likeness (QED) is 0.821. The van der Waals surface area contributed by atoms with Gasteiger partial charge in [-0.15, -0.1) is 22.9 Å². The van der Waals surface area contributed by atoms with E-state index >= 15 is 0 Å². The van der Waals surface area contributed by atoms with E-state index < -0.39 is 18.2 Å². The van der Waals surface area contributed by atoms with Crippen LogP contribution in [0.25, 0.3) is 0 Å². The van der Waals surface area contributed by atoms with Crippen LogP contribution >= 0.6 is 22.9 Å². The summed E-state index contributed by atoms with van der Waals surface area (Å²) in [6.45, 7) is 0.113. The molecule has 2 amide bonds. The van der Waals surface area contributed by atoms with Crippen LogP contribution in [0.4, 0.5) is 18.0 Å². The Hall–Kier alpha value is -0.950. The van der Waals surface area contributed by atoms with E-state index in [9.17, 15) is 18.0 Å². The van der Waals surface area contributed by atoms with Crippen LogP contribution in [-0.4, -0.2) is 24.6 Å². The smallest absolute Gasteiger partial charge is 0.337 e. The fourth-order valence-electron chi connectivity index (χ4n) is 1.11. The number of alkyl halides is 4. The number of urea groups is 1. The predicted molar refractivity (Wildman–Crippen MR) is 60.4 cm³/mol. The summed E-state index contributed by atoms with van der Waals surface area (Å²) in [4.78, 5) is 11.2. The topological polar surface area (TPSA) is 41.1 Å². The molecule has 3 nitrogen and oxygen atoms in total. The van der Waals surface area contributed by atoms with Gasteiger partial charge in [-0.3, -0.25) is 0 Å². The first-order valence-corrected chi connectivity index (χ1v) is 6.07. The number of amides is 2. The second kappa shape index (κ2) is 6.11. The monoisotopic (exact) mass is 286 g/mol. The molecule has 1 atom stereocenters. The largest absolute Gasteiger partial charge is 0.413 e. The average Bonchev–Trinajstić information content (AvgIpc) is 2.74.